The van der Waals surface area contributed by atoms with Crippen LogP contribution in [0.5, 0.6) is 0 Å². The molecule has 0 aliphatic carbocycles. The highest BCUT2D eigenvalue weighted by Crippen LogP contribution is 1.99. The van der Waals surface area contributed by atoms with Crippen molar-refractivity contribution >= 4 is 17.8 Å². The average Bonchev–Trinajstić information content (AvgIpc) is 2.36. The second-order valence-electron chi connectivity index (χ2n) is 3.34. The van der Waals surface area contributed by atoms with E-state index in [1.165, 1.54) is 19.1 Å². The van der Waals surface area contributed by atoms with Crippen molar-refractivity contribution in [1.29, 1.82) is 0 Å². The van der Waals surface area contributed by atoms with Gasteiger partial charge in [-0.25, -0.2) is 4.79 Å². The predicted octanol–water partition coefficient (Wildman–Crippen LogP) is -0.902. The molecule has 0 aliphatic heterocycles. The molecule has 0 aromatic heterocycles. The van der Waals surface area contributed by atoms with Crippen LogP contribution in [-0.4, -0.2) is 30.5 Å². The summed E-state index contributed by atoms with van der Waals surface area (Å²) < 4.78 is 4.53. The van der Waals surface area contributed by atoms with Gasteiger partial charge in [0.1, 0.15) is 0 Å². The molecule has 0 saturated heterocycles. The van der Waals surface area contributed by atoms with E-state index >= 15 is 0 Å². The number of benzene rings is 1. The first-order valence-electron chi connectivity index (χ1n) is 5.29. The number of hydrogen-bond acceptors (Lipinski definition) is 5. The molecule has 6 heteroatoms. The number of carbonyl (C=O) groups is 3. The average molecular weight is 250 g/mol. The number of carboxylic acids is 1. The van der Waals surface area contributed by atoms with Gasteiger partial charge < -0.3 is 20.0 Å². The predicted molar refractivity (Wildman–Crippen MR) is 59.3 cm³/mol. The Morgan fingerprint density at radius 2 is 1.89 bits per heavy atom. The lowest BCUT2D eigenvalue weighted by Gasteiger charge is -2.17. The van der Waals surface area contributed by atoms with Crippen LogP contribution in [-0.2, 0) is 14.3 Å². The summed E-state index contributed by atoms with van der Waals surface area (Å²) in [7, 11) is 0. The van der Waals surface area contributed by atoms with Gasteiger partial charge in [-0.1, -0.05) is 18.2 Å². The van der Waals surface area contributed by atoms with E-state index < -0.39 is 23.9 Å². The van der Waals surface area contributed by atoms with Crippen LogP contribution in [0.4, 0.5) is 0 Å². The van der Waals surface area contributed by atoms with Crippen LogP contribution in [0.15, 0.2) is 30.3 Å². The van der Waals surface area contributed by atoms with Crippen LogP contribution in [0.3, 0.4) is 0 Å². The van der Waals surface area contributed by atoms with Gasteiger partial charge in [0, 0.05) is 5.56 Å². The second-order valence-corrected chi connectivity index (χ2v) is 3.34. The van der Waals surface area contributed by atoms with Crippen molar-refractivity contribution < 1.29 is 24.2 Å². The molecular formula is C12H12NO5-. The van der Waals surface area contributed by atoms with Crippen molar-refractivity contribution in [2.75, 3.05) is 6.61 Å². The zero-order chi connectivity index (χ0) is 13.5. The van der Waals surface area contributed by atoms with Crippen molar-refractivity contribution in [2.24, 2.45) is 0 Å². The first-order valence-corrected chi connectivity index (χ1v) is 5.29. The van der Waals surface area contributed by atoms with Gasteiger partial charge in [0.25, 0.3) is 5.91 Å². The number of carbonyl (C=O) groups excluding carboxylic acids is 3. The fraction of sp³-hybridized carbons (Fsp3) is 0.250. The number of aliphatic carboxylic acids is 1. The van der Waals surface area contributed by atoms with E-state index in [2.05, 4.69) is 4.74 Å². The largest absolute Gasteiger partial charge is 0.547 e. The molecular weight excluding hydrogens is 238 g/mol. The molecule has 6 nitrogen and oxygen atoms in total. The third kappa shape index (κ3) is 3.58. The molecule has 0 fully saturated rings. The van der Waals surface area contributed by atoms with Crippen LogP contribution < -0.4 is 10.4 Å². The van der Waals surface area contributed by atoms with E-state index in [4.69, 9.17) is 0 Å². The molecule has 0 saturated carbocycles. The van der Waals surface area contributed by atoms with E-state index in [0.717, 1.165) is 0 Å². The molecule has 1 amide bonds. The standard InChI is InChI=1S/C12H13NO5/c1-2-18-12(17)9(11(15)16)13-10(14)8-6-4-3-5-7-8/h3-7,9H,2H2,1H3,(H,13,14)(H,15,16)/p-1. The zero-order valence-electron chi connectivity index (χ0n) is 9.71. The molecule has 1 rings (SSSR count). The number of hydrogen-bond donors (Lipinski definition) is 1. The highest BCUT2D eigenvalue weighted by atomic mass is 16.5. The monoisotopic (exact) mass is 250 g/mol. The van der Waals surface area contributed by atoms with Crippen LogP contribution in [0, 0.1) is 0 Å². The lowest BCUT2D eigenvalue weighted by Crippen LogP contribution is -2.53. The molecule has 0 heterocycles. The minimum atomic E-state index is -1.81. The van der Waals surface area contributed by atoms with Gasteiger partial charge in [0.15, 0.2) is 6.04 Å². The lowest BCUT2D eigenvalue weighted by molar-refractivity contribution is -0.307. The summed E-state index contributed by atoms with van der Waals surface area (Å²) in [6.07, 6.45) is 0. The van der Waals surface area contributed by atoms with Gasteiger partial charge in [-0.15, -0.1) is 0 Å². The molecule has 1 aromatic carbocycles. The molecule has 1 aromatic rings. The number of amides is 1. The molecule has 96 valence electrons. The molecule has 0 spiro atoms. The summed E-state index contributed by atoms with van der Waals surface area (Å²) in [6, 6.07) is 6.12. The number of carboxylic acid groups (broad SMARTS) is 1. The Hall–Kier alpha value is -2.37. The van der Waals surface area contributed by atoms with Crippen molar-refractivity contribution in [3.8, 4) is 0 Å². The molecule has 0 bridgehead atoms. The summed E-state index contributed by atoms with van der Waals surface area (Å²) in [5.74, 6) is -3.45. The van der Waals surface area contributed by atoms with E-state index in [1.54, 1.807) is 18.2 Å². The third-order valence-electron chi connectivity index (χ3n) is 2.07. The maximum Gasteiger partial charge on any atom is 0.334 e. The number of rotatable bonds is 5. The maximum atomic E-state index is 11.7. The molecule has 1 atom stereocenters. The summed E-state index contributed by atoms with van der Waals surface area (Å²) in [4.78, 5) is 33.7. The van der Waals surface area contributed by atoms with Crippen LogP contribution in [0.25, 0.3) is 0 Å². The first-order chi connectivity index (χ1) is 8.56. The second kappa shape index (κ2) is 6.39. The van der Waals surface area contributed by atoms with Gasteiger partial charge in [-0.3, -0.25) is 4.79 Å². The lowest BCUT2D eigenvalue weighted by atomic mass is 10.2. The van der Waals surface area contributed by atoms with E-state index in [9.17, 15) is 19.5 Å². The highest BCUT2D eigenvalue weighted by molar-refractivity contribution is 6.04. The van der Waals surface area contributed by atoms with E-state index in [-0.39, 0.29) is 12.2 Å². The Morgan fingerprint density at radius 3 is 2.39 bits per heavy atom. The van der Waals surface area contributed by atoms with Crippen molar-refractivity contribution in [2.45, 2.75) is 13.0 Å². The number of ether oxygens (including phenoxy) is 1. The molecule has 1 unspecified atom stereocenters. The summed E-state index contributed by atoms with van der Waals surface area (Å²) >= 11 is 0. The SMILES string of the molecule is CCOC(=O)C(NC(=O)c1ccccc1)C(=O)[O-]. The molecule has 18 heavy (non-hydrogen) atoms. The smallest absolute Gasteiger partial charge is 0.334 e. The van der Waals surface area contributed by atoms with E-state index in [1.807, 2.05) is 5.32 Å². The molecule has 0 radical (unpaired) electrons. The van der Waals surface area contributed by atoms with Crippen LogP contribution >= 0.6 is 0 Å². The number of esters is 1. The van der Waals surface area contributed by atoms with E-state index in [0.29, 0.717) is 0 Å². The van der Waals surface area contributed by atoms with Gasteiger partial charge in [-0.2, -0.15) is 0 Å². The van der Waals surface area contributed by atoms with Crippen molar-refractivity contribution in [3.05, 3.63) is 35.9 Å². The van der Waals surface area contributed by atoms with Gasteiger partial charge >= 0.3 is 5.97 Å². The Balaban J connectivity index is 2.76. The topological polar surface area (TPSA) is 95.5 Å². The fourth-order valence-electron chi connectivity index (χ4n) is 1.24. The first kappa shape index (κ1) is 13.7. The van der Waals surface area contributed by atoms with Gasteiger partial charge in [-0.05, 0) is 19.1 Å². The Morgan fingerprint density at radius 1 is 1.28 bits per heavy atom. The maximum absolute atomic E-state index is 11.7. The zero-order valence-corrected chi connectivity index (χ0v) is 9.71. The molecule has 0 aliphatic rings. The quantitative estimate of drug-likeness (QED) is 0.539. The minimum Gasteiger partial charge on any atom is -0.547 e. The van der Waals surface area contributed by atoms with Crippen LogP contribution in [0.1, 0.15) is 17.3 Å². The summed E-state index contributed by atoms with van der Waals surface area (Å²) in [6.45, 7) is 1.55. The normalized spacial score (nSPS) is 11.4. The van der Waals surface area contributed by atoms with Gasteiger partial charge in [0.2, 0.25) is 0 Å². The molecule has 1 N–H and O–H groups in total. The Bertz CT molecular complexity index is 443. The Labute approximate surface area is 104 Å². The van der Waals surface area contributed by atoms with Gasteiger partial charge in [0.05, 0.1) is 12.6 Å². The third-order valence-corrected chi connectivity index (χ3v) is 2.07. The summed E-state index contributed by atoms with van der Waals surface area (Å²) in [5, 5.41) is 12.8. The summed E-state index contributed by atoms with van der Waals surface area (Å²) in [5.41, 5.74) is 0.244. The van der Waals surface area contributed by atoms with Crippen molar-refractivity contribution in [3.63, 3.8) is 0 Å². The number of nitrogens with one attached hydrogen (secondary N) is 1. The Kier molecular flexibility index (Phi) is 4.86. The van der Waals surface area contributed by atoms with Crippen molar-refractivity contribution in [1.82, 2.24) is 5.32 Å². The highest BCUT2D eigenvalue weighted by Gasteiger charge is 2.23. The van der Waals surface area contributed by atoms with Crippen LogP contribution in [0.2, 0.25) is 0 Å². The minimum absolute atomic E-state index is 0.0177. The fourth-order valence-corrected chi connectivity index (χ4v) is 1.24.